The molecule has 8 nitrogen and oxygen atoms in total. The number of ether oxygens (including phenoxy) is 4. The fraction of sp³-hybridized carbons (Fsp3) is 0.611. The molecule has 0 aliphatic carbocycles. The van der Waals surface area contributed by atoms with Gasteiger partial charge >= 0.3 is 0 Å². The number of hydrogen-bond acceptors (Lipinski definition) is 7. The molecule has 0 radical (unpaired) electrons. The van der Waals surface area contributed by atoms with Gasteiger partial charge < -0.3 is 30.0 Å². The Labute approximate surface area is 154 Å². The minimum Gasteiger partial charge on any atom is -0.493 e. The van der Waals surface area contributed by atoms with Crippen LogP contribution < -0.4 is 20.5 Å². The Morgan fingerprint density at radius 2 is 1.92 bits per heavy atom. The van der Waals surface area contributed by atoms with Crippen LogP contribution in [0.5, 0.6) is 11.5 Å². The predicted octanol–water partition coefficient (Wildman–Crippen LogP) is 0.167. The molecule has 2 unspecified atom stereocenters. The van der Waals surface area contributed by atoms with E-state index in [4.69, 9.17) is 24.7 Å². The van der Waals surface area contributed by atoms with Crippen molar-refractivity contribution in [3.63, 3.8) is 0 Å². The minimum absolute atomic E-state index is 0.0163. The van der Waals surface area contributed by atoms with Crippen LogP contribution in [-0.2, 0) is 14.3 Å². The van der Waals surface area contributed by atoms with Crippen molar-refractivity contribution in [2.24, 2.45) is 5.73 Å². The molecule has 146 valence electrons. The fourth-order valence-electron chi connectivity index (χ4n) is 2.99. The minimum atomic E-state index is -0.684. The molecule has 1 saturated heterocycles. The smallest absolute Gasteiger partial charge is 0.239 e. The van der Waals surface area contributed by atoms with Gasteiger partial charge in [-0.25, -0.2) is 0 Å². The molecule has 2 rings (SSSR count). The zero-order valence-corrected chi connectivity index (χ0v) is 15.7. The zero-order valence-electron chi connectivity index (χ0n) is 15.7. The summed E-state index contributed by atoms with van der Waals surface area (Å²) in [6.45, 7) is 3.54. The molecule has 26 heavy (non-hydrogen) atoms. The highest BCUT2D eigenvalue weighted by atomic mass is 16.5. The van der Waals surface area contributed by atoms with E-state index in [1.165, 1.54) is 7.11 Å². The number of amides is 1. The maximum absolute atomic E-state index is 12.2. The van der Waals surface area contributed by atoms with Gasteiger partial charge in [0.05, 0.1) is 40.1 Å². The van der Waals surface area contributed by atoms with Crippen molar-refractivity contribution in [3.8, 4) is 11.5 Å². The standard InChI is InChI=1S/C18H29N3O5/c1-23-12-14(19)18(22)20-11-15(21-6-8-26-9-7-21)13-4-5-16(24-2)17(10-13)25-3/h4-5,10,14-15H,6-9,11-12,19H2,1-3H3,(H,20,22). The lowest BCUT2D eigenvalue weighted by molar-refractivity contribution is -0.123. The Balaban J connectivity index is 2.17. The third-order valence-electron chi connectivity index (χ3n) is 4.43. The molecule has 2 atom stereocenters. The Kier molecular flexibility index (Phi) is 8.11. The van der Waals surface area contributed by atoms with Crippen molar-refractivity contribution in [2.75, 3.05) is 60.8 Å². The van der Waals surface area contributed by atoms with Gasteiger partial charge in [-0.3, -0.25) is 9.69 Å². The first-order valence-electron chi connectivity index (χ1n) is 8.66. The Morgan fingerprint density at radius 3 is 2.54 bits per heavy atom. The fourth-order valence-corrected chi connectivity index (χ4v) is 2.99. The lowest BCUT2D eigenvalue weighted by Gasteiger charge is -2.35. The number of carbonyl (C=O) groups is 1. The number of rotatable bonds is 9. The summed E-state index contributed by atoms with van der Waals surface area (Å²) >= 11 is 0. The first-order chi connectivity index (χ1) is 12.6. The van der Waals surface area contributed by atoms with Crippen molar-refractivity contribution in [1.82, 2.24) is 10.2 Å². The van der Waals surface area contributed by atoms with Crippen LogP contribution in [-0.4, -0.2) is 77.6 Å². The number of benzene rings is 1. The second-order valence-corrected chi connectivity index (χ2v) is 6.09. The highest BCUT2D eigenvalue weighted by molar-refractivity contribution is 5.81. The van der Waals surface area contributed by atoms with Crippen LogP contribution in [0.1, 0.15) is 11.6 Å². The van der Waals surface area contributed by atoms with E-state index in [-0.39, 0.29) is 18.6 Å². The van der Waals surface area contributed by atoms with E-state index in [9.17, 15) is 4.79 Å². The third-order valence-corrected chi connectivity index (χ3v) is 4.43. The van der Waals surface area contributed by atoms with Gasteiger partial charge in [-0.2, -0.15) is 0 Å². The maximum atomic E-state index is 12.2. The molecule has 0 bridgehead atoms. The topological polar surface area (TPSA) is 95.3 Å². The monoisotopic (exact) mass is 367 g/mol. The molecular weight excluding hydrogens is 338 g/mol. The van der Waals surface area contributed by atoms with Crippen molar-refractivity contribution in [1.29, 1.82) is 0 Å². The van der Waals surface area contributed by atoms with Gasteiger partial charge in [-0.1, -0.05) is 6.07 Å². The maximum Gasteiger partial charge on any atom is 0.239 e. The molecule has 3 N–H and O–H groups in total. The van der Waals surface area contributed by atoms with Crippen LogP contribution in [0.4, 0.5) is 0 Å². The van der Waals surface area contributed by atoms with Crippen LogP contribution in [0.25, 0.3) is 0 Å². The number of morpholine rings is 1. The van der Waals surface area contributed by atoms with E-state index in [2.05, 4.69) is 10.2 Å². The highest BCUT2D eigenvalue weighted by Crippen LogP contribution is 2.32. The van der Waals surface area contributed by atoms with Crippen LogP contribution >= 0.6 is 0 Å². The lowest BCUT2D eigenvalue weighted by Crippen LogP contribution is -2.48. The number of nitrogens with two attached hydrogens (primary N) is 1. The summed E-state index contributed by atoms with van der Waals surface area (Å²) in [5, 5.41) is 2.93. The molecule has 8 heteroatoms. The molecule has 0 saturated carbocycles. The molecule has 1 heterocycles. The molecule has 1 aliphatic heterocycles. The number of hydrogen-bond donors (Lipinski definition) is 2. The SMILES string of the molecule is COCC(N)C(=O)NCC(c1ccc(OC)c(OC)c1)N1CCOCC1. The summed E-state index contributed by atoms with van der Waals surface area (Å²) in [4.78, 5) is 14.5. The van der Waals surface area contributed by atoms with Gasteiger partial charge in [0.1, 0.15) is 6.04 Å². The third kappa shape index (κ3) is 5.31. The summed E-state index contributed by atoms with van der Waals surface area (Å²) in [5.74, 6) is 1.10. The van der Waals surface area contributed by atoms with Crippen molar-refractivity contribution in [2.45, 2.75) is 12.1 Å². The van der Waals surface area contributed by atoms with Crippen LogP contribution in [0.3, 0.4) is 0 Å². The largest absolute Gasteiger partial charge is 0.493 e. The van der Waals surface area contributed by atoms with Gasteiger partial charge in [0.15, 0.2) is 11.5 Å². The van der Waals surface area contributed by atoms with E-state index in [0.717, 1.165) is 18.7 Å². The summed E-state index contributed by atoms with van der Waals surface area (Å²) in [7, 11) is 4.73. The molecule has 1 fully saturated rings. The molecule has 1 aromatic carbocycles. The quantitative estimate of drug-likeness (QED) is 0.642. The number of nitrogens with zero attached hydrogens (tertiary/aromatic N) is 1. The first kappa shape index (κ1) is 20.4. The molecule has 1 amide bonds. The lowest BCUT2D eigenvalue weighted by atomic mass is 10.0. The Hall–Kier alpha value is -1.87. The summed E-state index contributed by atoms with van der Waals surface area (Å²) in [5.41, 5.74) is 6.84. The molecule has 1 aliphatic rings. The summed E-state index contributed by atoms with van der Waals surface area (Å²) in [6.07, 6.45) is 0. The van der Waals surface area contributed by atoms with Crippen LogP contribution in [0.2, 0.25) is 0 Å². The number of methoxy groups -OCH3 is 3. The molecule has 0 spiro atoms. The summed E-state index contributed by atoms with van der Waals surface area (Å²) in [6, 6.07) is 5.11. The van der Waals surface area contributed by atoms with E-state index in [1.807, 2.05) is 18.2 Å². The Bertz CT molecular complexity index is 578. The van der Waals surface area contributed by atoms with Gasteiger partial charge in [-0.05, 0) is 17.7 Å². The molecule has 0 aromatic heterocycles. The van der Waals surface area contributed by atoms with Gasteiger partial charge in [-0.15, -0.1) is 0 Å². The van der Waals surface area contributed by atoms with Crippen LogP contribution in [0, 0.1) is 0 Å². The van der Waals surface area contributed by atoms with Gasteiger partial charge in [0.2, 0.25) is 5.91 Å². The number of carbonyl (C=O) groups excluding carboxylic acids is 1. The van der Waals surface area contributed by atoms with E-state index < -0.39 is 6.04 Å². The average molecular weight is 367 g/mol. The van der Waals surface area contributed by atoms with Crippen LogP contribution in [0.15, 0.2) is 18.2 Å². The normalized spacial score (nSPS) is 17.4. The predicted molar refractivity (Wildman–Crippen MR) is 97.5 cm³/mol. The second-order valence-electron chi connectivity index (χ2n) is 6.09. The second kappa shape index (κ2) is 10.3. The van der Waals surface area contributed by atoms with Crippen molar-refractivity contribution in [3.05, 3.63) is 23.8 Å². The Morgan fingerprint density at radius 1 is 1.23 bits per heavy atom. The first-order valence-corrected chi connectivity index (χ1v) is 8.66. The van der Waals surface area contributed by atoms with Gasteiger partial charge in [0.25, 0.3) is 0 Å². The van der Waals surface area contributed by atoms with E-state index in [1.54, 1.807) is 14.2 Å². The van der Waals surface area contributed by atoms with Crippen molar-refractivity contribution < 1.29 is 23.7 Å². The highest BCUT2D eigenvalue weighted by Gasteiger charge is 2.25. The zero-order chi connectivity index (χ0) is 18.9. The molecular formula is C18H29N3O5. The van der Waals surface area contributed by atoms with Gasteiger partial charge in [0, 0.05) is 26.7 Å². The van der Waals surface area contributed by atoms with E-state index in [0.29, 0.717) is 31.3 Å². The van der Waals surface area contributed by atoms with Crippen molar-refractivity contribution >= 4 is 5.91 Å². The van der Waals surface area contributed by atoms with E-state index >= 15 is 0 Å². The molecule has 1 aromatic rings. The average Bonchev–Trinajstić information content (AvgIpc) is 2.68. The summed E-state index contributed by atoms with van der Waals surface area (Å²) < 4.78 is 21.1. The number of nitrogens with one attached hydrogen (secondary N) is 1.